The number of aliphatic hydroxyl groups is 1. The van der Waals surface area contributed by atoms with Gasteiger partial charge in [0.05, 0.1) is 6.61 Å². The Morgan fingerprint density at radius 3 is 3.00 bits per heavy atom. The lowest BCUT2D eigenvalue weighted by Gasteiger charge is -1.88. The molecule has 1 heterocycles. The standard InChI is InChI=1S/C11H12NOS/c13-8-4-3-7-12-9-14-11-6-2-1-5-10(11)12/h1-6,9,13H,7-8H2/q+1. The molecule has 0 spiro atoms. The molecule has 0 saturated heterocycles. The number of fused-ring (bicyclic) bond motifs is 1. The molecule has 0 atom stereocenters. The lowest BCUT2D eigenvalue weighted by atomic mass is 10.3. The molecule has 2 rings (SSSR count). The zero-order valence-electron chi connectivity index (χ0n) is 7.76. The van der Waals surface area contributed by atoms with Gasteiger partial charge in [0.1, 0.15) is 4.70 Å². The molecule has 1 aromatic carbocycles. The summed E-state index contributed by atoms with van der Waals surface area (Å²) in [6, 6.07) is 8.32. The zero-order chi connectivity index (χ0) is 9.80. The Balaban J connectivity index is 2.29. The molecular formula is C11H12NOS+. The van der Waals surface area contributed by atoms with E-state index in [0.717, 1.165) is 6.54 Å². The number of hydrogen-bond acceptors (Lipinski definition) is 2. The van der Waals surface area contributed by atoms with Crippen molar-refractivity contribution in [3.8, 4) is 0 Å². The van der Waals surface area contributed by atoms with Crippen LogP contribution in [0.25, 0.3) is 10.2 Å². The predicted octanol–water partition coefficient (Wildman–Crippen LogP) is 1.74. The van der Waals surface area contributed by atoms with Crippen LogP contribution in [0.15, 0.2) is 41.9 Å². The number of hydrogen-bond donors (Lipinski definition) is 1. The van der Waals surface area contributed by atoms with E-state index in [9.17, 15) is 0 Å². The molecule has 2 nitrogen and oxygen atoms in total. The van der Waals surface area contributed by atoms with Gasteiger partial charge in [-0.2, -0.15) is 4.57 Å². The van der Waals surface area contributed by atoms with Crippen LogP contribution in [0.5, 0.6) is 0 Å². The van der Waals surface area contributed by atoms with Crippen molar-refractivity contribution in [3.63, 3.8) is 0 Å². The Hall–Kier alpha value is -1.19. The average molecular weight is 206 g/mol. The average Bonchev–Trinajstić information content (AvgIpc) is 2.63. The van der Waals surface area contributed by atoms with E-state index in [0.29, 0.717) is 0 Å². The molecular weight excluding hydrogens is 194 g/mol. The number of nitrogens with zero attached hydrogens (tertiary/aromatic N) is 1. The highest BCUT2D eigenvalue weighted by Gasteiger charge is 2.07. The van der Waals surface area contributed by atoms with Gasteiger partial charge in [0.2, 0.25) is 11.0 Å². The van der Waals surface area contributed by atoms with Crippen LogP contribution in [0, 0.1) is 0 Å². The van der Waals surface area contributed by atoms with Crippen LogP contribution in [-0.2, 0) is 6.54 Å². The highest BCUT2D eigenvalue weighted by atomic mass is 32.1. The van der Waals surface area contributed by atoms with Crippen LogP contribution >= 0.6 is 11.3 Å². The number of benzene rings is 1. The second-order valence-electron chi connectivity index (χ2n) is 3.00. The van der Waals surface area contributed by atoms with E-state index in [2.05, 4.69) is 22.2 Å². The highest BCUT2D eigenvalue weighted by molar-refractivity contribution is 7.16. The summed E-state index contributed by atoms with van der Waals surface area (Å²) in [6.45, 7) is 0.938. The lowest BCUT2D eigenvalue weighted by molar-refractivity contribution is -0.656. The fourth-order valence-electron chi connectivity index (χ4n) is 1.38. The summed E-state index contributed by atoms with van der Waals surface area (Å²) in [5.74, 6) is 0. The Morgan fingerprint density at radius 2 is 2.14 bits per heavy atom. The number of rotatable bonds is 3. The van der Waals surface area contributed by atoms with E-state index < -0.39 is 0 Å². The van der Waals surface area contributed by atoms with Gasteiger partial charge in [-0.3, -0.25) is 0 Å². The van der Waals surface area contributed by atoms with Crippen molar-refractivity contribution >= 4 is 21.6 Å². The molecule has 0 saturated carbocycles. The Kier molecular flexibility index (Phi) is 2.91. The van der Waals surface area contributed by atoms with Gasteiger partial charge in [-0.25, -0.2) is 0 Å². The molecule has 0 radical (unpaired) electrons. The van der Waals surface area contributed by atoms with Crippen LogP contribution in [0.4, 0.5) is 0 Å². The number of aliphatic hydroxyl groups excluding tert-OH is 1. The first-order valence-electron chi connectivity index (χ1n) is 4.53. The van der Waals surface area contributed by atoms with Crippen LogP contribution in [-0.4, -0.2) is 11.7 Å². The van der Waals surface area contributed by atoms with Crippen LogP contribution in [0.3, 0.4) is 0 Å². The topological polar surface area (TPSA) is 24.1 Å². The third kappa shape index (κ3) is 1.84. The van der Waals surface area contributed by atoms with Crippen LogP contribution < -0.4 is 4.57 Å². The van der Waals surface area contributed by atoms with Crippen LogP contribution in [0.1, 0.15) is 0 Å². The van der Waals surface area contributed by atoms with Gasteiger partial charge in [-0.15, -0.1) is 0 Å². The summed E-state index contributed by atoms with van der Waals surface area (Å²) < 4.78 is 3.47. The molecule has 0 aliphatic carbocycles. The van der Waals surface area contributed by atoms with Crippen molar-refractivity contribution in [2.24, 2.45) is 0 Å². The Morgan fingerprint density at radius 1 is 1.29 bits per heavy atom. The van der Waals surface area contributed by atoms with E-state index in [4.69, 9.17) is 5.11 Å². The van der Waals surface area contributed by atoms with Crippen molar-refractivity contribution in [1.82, 2.24) is 0 Å². The fraction of sp³-hybridized carbons (Fsp3) is 0.182. The first-order valence-corrected chi connectivity index (χ1v) is 5.41. The summed E-state index contributed by atoms with van der Waals surface area (Å²) in [7, 11) is 0. The molecule has 2 aromatic rings. The SMILES string of the molecule is OCC=CC[n+]1csc2ccccc21. The van der Waals surface area contributed by atoms with Gasteiger partial charge in [-0.05, 0) is 12.1 Å². The second kappa shape index (κ2) is 4.35. The predicted molar refractivity (Wildman–Crippen MR) is 58.2 cm³/mol. The lowest BCUT2D eigenvalue weighted by Crippen LogP contribution is -2.30. The maximum absolute atomic E-state index is 8.61. The summed E-state index contributed by atoms with van der Waals surface area (Å²) in [5.41, 5.74) is 3.35. The molecule has 3 heteroatoms. The molecule has 14 heavy (non-hydrogen) atoms. The van der Waals surface area contributed by atoms with Gasteiger partial charge >= 0.3 is 0 Å². The minimum Gasteiger partial charge on any atom is -0.392 e. The molecule has 1 N–H and O–H groups in total. The van der Waals surface area contributed by atoms with Crippen LogP contribution in [0.2, 0.25) is 0 Å². The van der Waals surface area contributed by atoms with Crippen molar-refractivity contribution in [3.05, 3.63) is 41.9 Å². The van der Waals surface area contributed by atoms with Crippen molar-refractivity contribution in [2.45, 2.75) is 6.54 Å². The number of para-hydroxylation sites is 1. The minimum atomic E-state index is 0.114. The molecule has 1 aromatic heterocycles. The van der Waals surface area contributed by atoms with Gasteiger partial charge < -0.3 is 5.11 Å². The minimum absolute atomic E-state index is 0.114. The maximum Gasteiger partial charge on any atom is 0.226 e. The van der Waals surface area contributed by atoms with Crippen molar-refractivity contribution in [2.75, 3.05) is 6.61 Å². The number of allylic oxidation sites excluding steroid dienone is 1. The molecule has 0 amide bonds. The molecule has 0 aliphatic heterocycles. The third-order valence-electron chi connectivity index (χ3n) is 2.06. The number of thiazole rings is 1. The van der Waals surface area contributed by atoms with E-state index in [1.807, 2.05) is 18.2 Å². The molecule has 0 bridgehead atoms. The van der Waals surface area contributed by atoms with Gasteiger partial charge in [0, 0.05) is 6.07 Å². The van der Waals surface area contributed by atoms with Gasteiger partial charge in [0.15, 0.2) is 6.54 Å². The highest BCUT2D eigenvalue weighted by Crippen LogP contribution is 2.14. The van der Waals surface area contributed by atoms with Crippen molar-refractivity contribution in [1.29, 1.82) is 0 Å². The Bertz CT molecular complexity index is 447. The molecule has 0 aliphatic rings. The molecule has 0 unspecified atom stereocenters. The summed E-state index contributed by atoms with van der Waals surface area (Å²) in [6.07, 6.45) is 3.73. The van der Waals surface area contributed by atoms with E-state index >= 15 is 0 Å². The van der Waals surface area contributed by atoms with Gasteiger partial charge in [-0.1, -0.05) is 29.5 Å². The monoisotopic (exact) mass is 206 g/mol. The fourth-order valence-corrected chi connectivity index (χ4v) is 2.28. The molecule has 0 fully saturated rings. The maximum atomic E-state index is 8.61. The summed E-state index contributed by atoms with van der Waals surface area (Å²) in [5, 5.41) is 8.61. The van der Waals surface area contributed by atoms with Gasteiger partial charge in [0.25, 0.3) is 0 Å². The summed E-state index contributed by atoms with van der Waals surface area (Å²) in [4.78, 5) is 0. The van der Waals surface area contributed by atoms with E-state index in [1.165, 1.54) is 10.2 Å². The first-order chi connectivity index (χ1) is 6.92. The number of aromatic nitrogens is 1. The largest absolute Gasteiger partial charge is 0.392 e. The normalized spacial score (nSPS) is 11.5. The zero-order valence-corrected chi connectivity index (χ0v) is 8.57. The smallest absolute Gasteiger partial charge is 0.226 e. The first kappa shape index (κ1) is 9.37. The second-order valence-corrected chi connectivity index (χ2v) is 3.88. The van der Waals surface area contributed by atoms with Crippen molar-refractivity contribution < 1.29 is 9.67 Å². The van der Waals surface area contributed by atoms with E-state index in [1.54, 1.807) is 17.4 Å². The Labute approximate surface area is 86.7 Å². The summed E-state index contributed by atoms with van der Waals surface area (Å²) >= 11 is 1.74. The van der Waals surface area contributed by atoms with E-state index in [-0.39, 0.29) is 6.61 Å². The molecule has 72 valence electrons. The third-order valence-corrected chi connectivity index (χ3v) is 3.01. The quantitative estimate of drug-likeness (QED) is 0.600.